The third kappa shape index (κ3) is 5.86. The Morgan fingerprint density at radius 3 is 2.41 bits per heavy atom. The number of nitrogens with one attached hydrogen (secondary N) is 1. The summed E-state index contributed by atoms with van der Waals surface area (Å²) in [5, 5.41) is 4.64. The number of allylic oxidation sites excluding steroid dienone is 3. The predicted octanol–water partition coefficient (Wildman–Crippen LogP) is 7.63. The molecule has 5 nitrogen and oxygen atoms in total. The van der Waals surface area contributed by atoms with Crippen molar-refractivity contribution in [1.29, 1.82) is 0 Å². The number of hydrogen-bond donors (Lipinski definition) is 1. The molecule has 1 aliphatic heterocycles. The number of rotatable bonds is 7. The Morgan fingerprint density at radius 2 is 1.67 bits per heavy atom. The van der Waals surface area contributed by atoms with Crippen molar-refractivity contribution in [2.45, 2.75) is 31.6 Å². The number of halogens is 3. The largest absolute Gasteiger partial charge is 0.490 e. The molecule has 0 bridgehead atoms. The lowest BCUT2D eigenvalue weighted by Crippen LogP contribution is -2.36. The minimum absolute atomic E-state index is 0.0204. The number of Topliss-reactive ketones (excluding diaryl/α,β-unsaturated/α-hetero) is 1. The zero-order valence-corrected chi connectivity index (χ0v) is 23.4. The van der Waals surface area contributed by atoms with E-state index in [1.165, 1.54) is 0 Å². The molecule has 2 aliphatic rings. The molecule has 8 heteroatoms. The molecule has 0 fully saturated rings. The van der Waals surface area contributed by atoms with Gasteiger partial charge in [-0.25, -0.2) is 4.79 Å². The van der Waals surface area contributed by atoms with Crippen LogP contribution < -0.4 is 10.1 Å². The van der Waals surface area contributed by atoms with Gasteiger partial charge in [0, 0.05) is 34.3 Å². The molecule has 5 rings (SSSR count). The van der Waals surface area contributed by atoms with Gasteiger partial charge in [0.25, 0.3) is 0 Å². The van der Waals surface area contributed by atoms with Gasteiger partial charge in [-0.3, -0.25) is 4.79 Å². The predicted molar refractivity (Wildman–Crippen MR) is 153 cm³/mol. The third-order valence-electron chi connectivity index (χ3n) is 7.01. The van der Waals surface area contributed by atoms with Crippen LogP contribution in [0.15, 0.2) is 95.3 Å². The van der Waals surface area contributed by atoms with Crippen LogP contribution in [0.25, 0.3) is 0 Å². The first kappa shape index (κ1) is 27.3. The van der Waals surface area contributed by atoms with Crippen LogP contribution in [0.4, 0.5) is 0 Å². The maximum atomic E-state index is 13.8. The number of esters is 1. The molecule has 0 aromatic heterocycles. The number of ketones is 1. The number of hydrogen-bond acceptors (Lipinski definition) is 5. The molecule has 1 heterocycles. The highest BCUT2D eigenvalue weighted by Gasteiger charge is 2.42. The van der Waals surface area contributed by atoms with E-state index in [4.69, 9.17) is 44.3 Å². The maximum absolute atomic E-state index is 13.8. The van der Waals surface area contributed by atoms with Gasteiger partial charge in [-0.05, 0) is 60.7 Å². The molecule has 0 unspecified atom stereocenters. The molecule has 39 heavy (non-hydrogen) atoms. The lowest BCUT2D eigenvalue weighted by Gasteiger charge is -2.37. The average molecular weight is 583 g/mol. The van der Waals surface area contributed by atoms with E-state index in [-0.39, 0.29) is 24.9 Å². The van der Waals surface area contributed by atoms with Crippen molar-refractivity contribution in [1.82, 2.24) is 5.32 Å². The van der Waals surface area contributed by atoms with E-state index >= 15 is 0 Å². The van der Waals surface area contributed by atoms with E-state index < -0.39 is 11.9 Å². The monoisotopic (exact) mass is 581 g/mol. The second kappa shape index (κ2) is 11.9. The van der Waals surface area contributed by atoms with Crippen LogP contribution in [0.5, 0.6) is 5.75 Å². The summed E-state index contributed by atoms with van der Waals surface area (Å²) in [5.74, 6) is -0.655. The van der Waals surface area contributed by atoms with Crippen molar-refractivity contribution in [2.75, 3.05) is 13.2 Å². The van der Waals surface area contributed by atoms with Crippen molar-refractivity contribution < 1.29 is 19.1 Å². The summed E-state index contributed by atoms with van der Waals surface area (Å²) in [6, 6.07) is 22.1. The van der Waals surface area contributed by atoms with Crippen LogP contribution in [-0.4, -0.2) is 25.0 Å². The highest BCUT2D eigenvalue weighted by Crippen LogP contribution is 2.48. The fourth-order valence-electron chi connectivity index (χ4n) is 5.22. The van der Waals surface area contributed by atoms with Crippen molar-refractivity contribution in [2.24, 2.45) is 0 Å². The third-order valence-corrected chi connectivity index (χ3v) is 8.10. The van der Waals surface area contributed by atoms with Crippen LogP contribution in [0.2, 0.25) is 15.1 Å². The maximum Gasteiger partial charge on any atom is 0.336 e. The lowest BCUT2D eigenvalue weighted by atomic mass is 9.71. The van der Waals surface area contributed by atoms with Gasteiger partial charge in [-0.15, -0.1) is 0 Å². The standard InChI is InChI=1S/C31H26Cl3NO4/c1-18-27(31(37)39-15-14-38-22-6-3-2-4-7-22)28(23-8-5-9-24(33)30(23)34)29-25(35-18)16-20(17-26(29)36)19-10-12-21(32)13-11-19/h2-13,20,28,35H,14-17H2,1H3/t20-,28-/m0/s1. The van der Waals surface area contributed by atoms with E-state index in [9.17, 15) is 9.59 Å². The van der Waals surface area contributed by atoms with Crippen LogP contribution >= 0.6 is 34.8 Å². The smallest absolute Gasteiger partial charge is 0.336 e. The van der Waals surface area contributed by atoms with E-state index in [1.54, 1.807) is 18.2 Å². The van der Waals surface area contributed by atoms with Crippen molar-refractivity contribution >= 4 is 46.6 Å². The van der Waals surface area contributed by atoms with Crippen LogP contribution in [-0.2, 0) is 14.3 Å². The van der Waals surface area contributed by atoms with E-state index in [1.807, 2.05) is 61.5 Å². The second-order valence-corrected chi connectivity index (χ2v) is 10.7. The summed E-state index contributed by atoms with van der Waals surface area (Å²) in [6.07, 6.45) is 0.894. The molecule has 1 aliphatic carbocycles. The first-order valence-corrected chi connectivity index (χ1v) is 13.7. The summed E-state index contributed by atoms with van der Waals surface area (Å²) >= 11 is 19.1. The minimum atomic E-state index is -0.714. The SMILES string of the molecule is CC1=C(C(=O)OCCOc2ccccc2)[C@H](c2cccc(Cl)c2Cl)C2=C(C[C@H](c3ccc(Cl)cc3)CC2=O)N1. The molecule has 0 amide bonds. The van der Waals surface area contributed by atoms with Crippen molar-refractivity contribution in [3.63, 3.8) is 0 Å². The van der Waals surface area contributed by atoms with Gasteiger partial charge in [0.15, 0.2) is 5.78 Å². The normalized spacial score (nSPS) is 18.9. The summed E-state index contributed by atoms with van der Waals surface area (Å²) in [7, 11) is 0. The number of para-hydroxylation sites is 1. The van der Waals surface area contributed by atoms with E-state index in [0.29, 0.717) is 56.1 Å². The van der Waals surface area contributed by atoms with Crippen LogP contribution in [0.3, 0.4) is 0 Å². The number of carbonyl (C=O) groups excluding carboxylic acids is 2. The zero-order valence-electron chi connectivity index (χ0n) is 21.2. The molecule has 0 saturated carbocycles. The number of ether oxygens (including phenoxy) is 2. The molecular weight excluding hydrogens is 557 g/mol. The summed E-state index contributed by atoms with van der Waals surface area (Å²) < 4.78 is 11.3. The Morgan fingerprint density at radius 1 is 0.923 bits per heavy atom. The molecule has 3 aromatic rings. The summed E-state index contributed by atoms with van der Waals surface area (Å²) in [5.41, 5.74) is 3.84. The second-order valence-electron chi connectivity index (χ2n) is 9.51. The minimum Gasteiger partial charge on any atom is -0.490 e. The average Bonchev–Trinajstić information content (AvgIpc) is 2.92. The van der Waals surface area contributed by atoms with Crippen molar-refractivity contribution in [3.8, 4) is 5.75 Å². The van der Waals surface area contributed by atoms with Gasteiger partial charge in [0.05, 0.1) is 15.6 Å². The van der Waals surface area contributed by atoms with Gasteiger partial charge in [-0.2, -0.15) is 0 Å². The number of carbonyl (C=O) groups is 2. The zero-order chi connectivity index (χ0) is 27.5. The molecule has 1 N–H and O–H groups in total. The summed E-state index contributed by atoms with van der Waals surface area (Å²) in [6.45, 7) is 2.04. The number of dihydropyridines is 1. The number of benzene rings is 3. The molecule has 0 radical (unpaired) electrons. The van der Waals surface area contributed by atoms with E-state index in [0.717, 1.165) is 11.3 Å². The first-order chi connectivity index (χ1) is 18.8. The Hall–Kier alpha value is -3.25. The van der Waals surface area contributed by atoms with Crippen molar-refractivity contribution in [3.05, 3.63) is 122 Å². The fraction of sp³-hybridized carbons (Fsp3) is 0.226. The molecule has 0 saturated heterocycles. The van der Waals surface area contributed by atoms with E-state index in [2.05, 4.69) is 5.32 Å². The summed E-state index contributed by atoms with van der Waals surface area (Å²) in [4.78, 5) is 27.3. The van der Waals surface area contributed by atoms with Gasteiger partial charge in [0.2, 0.25) is 0 Å². The fourth-order valence-corrected chi connectivity index (χ4v) is 5.77. The molecule has 3 aromatic carbocycles. The Labute approximate surface area is 242 Å². The Bertz CT molecular complexity index is 1460. The Balaban J connectivity index is 1.45. The molecule has 2 atom stereocenters. The lowest BCUT2D eigenvalue weighted by molar-refractivity contribution is -0.140. The van der Waals surface area contributed by atoms with Gasteiger partial charge >= 0.3 is 5.97 Å². The first-order valence-electron chi connectivity index (χ1n) is 12.6. The van der Waals surface area contributed by atoms with Gasteiger partial charge in [-0.1, -0.05) is 77.3 Å². The molecule has 0 spiro atoms. The van der Waals surface area contributed by atoms with Gasteiger partial charge < -0.3 is 14.8 Å². The van der Waals surface area contributed by atoms with Crippen LogP contribution in [0.1, 0.15) is 42.7 Å². The molecule has 200 valence electrons. The van der Waals surface area contributed by atoms with Crippen LogP contribution in [0, 0.1) is 0 Å². The highest BCUT2D eigenvalue weighted by molar-refractivity contribution is 6.42. The molecular formula is C31H26Cl3NO4. The highest BCUT2D eigenvalue weighted by atomic mass is 35.5. The Kier molecular flexibility index (Phi) is 8.31. The topological polar surface area (TPSA) is 64.6 Å². The quantitative estimate of drug-likeness (QED) is 0.229. The van der Waals surface area contributed by atoms with Gasteiger partial charge in [0.1, 0.15) is 19.0 Å².